The SMILES string of the molecule is CB1CN(c2ccccc2)C1. The van der Waals surface area contributed by atoms with Crippen molar-refractivity contribution in [3.8, 4) is 0 Å². The maximum Gasteiger partial charge on any atom is 0.182 e. The smallest absolute Gasteiger partial charge is 0.182 e. The van der Waals surface area contributed by atoms with Crippen LogP contribution in [0.2, 0.25) is 6.82 Å². The summed E-state index contributed by atoms with van der Waals surface area (Å²) in [5.74, 6) is 0. The third-order valence-electron chi connectivity index (χ3n) is 2.19. The number of benzene rings is 1. The zero-order valence-corrected chi connectivity index (χ0v) is 6.83. The fraction of sp³-hybridized carbons (Fsp3) is 0.333. The Bertz CT molecular complexity index is 229. The van der Waals surface area contributed by atoms with Gasteiger partial charge in [-0.25, -0.2) is 0 Å². The highest BCUT2D eigenvalue weighted by Gasteiger charge is 2.25. The van der Waals surface area contributed by atoms with Gasteiger partial charge in [0.1, 0.15) is 0 Å². The molecule has 0 amide bonds. The second-order valence-electron chi connectivity index (χ2n) is 3.35. The van der Waals surface area contributed by atoms with Gasteiger partial charge < -0.3 is 4.90 Å². The van der Waals surface area contributed by atoms with E-state index >= 15 is 0 Å². The molecule has 0 N–H and O–H groups in total. The van der Waals surface area contributed by atoms with Crippen molar-refractivity contribution in [3.05, 3.63) is 30.3 Å². The minimum absolute atomic E-state index is 0.884. The fourth-order valence-electron chi connectivity index (χ4n) is 1.55. The first-order valence-electron chi connectivity index (χ1n) is 4.16. The van der Waals surface area contributed by atoms with Crippen LogP contribution in [0.3, 0.4) is 0 Å². The number of hydrogen-bond donors (Lipinski definition) is 0. The molecule has 56 valence electrons. The molecule has 0 aromatic heterocycles. The number of rotatable bonds is 1. The molecular weight excluding hydrogens is 133 g/mol. The van der Waals surface area contributed by atoms with Crippen molar-refractivity contribution < 1.29 is 0 Å². The Morgan fingerprint density at radius 3 is 2.36 bits per heavy atom. The van der Waals surface area contributed by atoms with Crippen molar-refractivity contribution in [1.29, 1.82) is 0 Å². The zero-order chi connectivity index (χ0) is 7.68. The summed E-state index contributed by atoms with van der Waals surface area (Å²) in [5, 5.41) is 0. The van der Waals surface area contributed by atoms with Gasteiger partial charge in [-0.15, -0.1) is 0 Å². The Labute approximate surface area is 68.1 Å². The van der Waals surface area contributed by atoms with Gasteiger partial charge in [0.2, 0.25) is 0 Å². The quantitative estimate of drug-likeness (QED) is 0.543. The molecule has 2 heteroatoms. The largest absolute Gasteiger partial charge is 0.386 e. The lowest BCUT2D eigenvalue weighted by Crippen LogP contribution is -2.52. The predicted octanol–water partition coefficient (Wildman–Crippen LogP) is 1.71. The molecule has 0 radical (unpaired) electrons. The van der Waals surface area contributed by atoms with E-state index < -0.39 is 0 Å². The average molecular weight is 145 g/mol. The Balaban J connectivity index is 2.08. The van der Waals surface area contributed by atoms with Crippen LogP contribution in [0.15, 0.2) is 30.3 Å². The molecule has 0 saturated carbocycles. The van der Waals surface area contributed by atoms with Gasteiger partial charge in [0.05, 0.1) is 0 Å². The topological polar surface area (TPSA) is 3.24 Å². The summed E-state index contributed by atoms with van der Waals surface area (Å²) >= 11 is 0. The van der Waals surface area contributed by atoms with E-state index in [1.807, 2.05) is 0 Å². The normalized spacial score (nSPS) is 16.5. The Morgan fingerprint density at radius 1 is 1.18 bits per heavy atom. The van der Waals surface area contributed by atoms with Crippen molar-refractivity contribution in [3.63, 3.8) is 0 Å². The molecule has 1 aliphatic rings. The summed E-state index contributed by atoms with van der Waals surface area (Å²) in [6.45, 7) is 3.18. The van der Waals surface area contributed by atoms with Crippen molar-refractivity contribution in [2.75, 3.05) is 17.8 Å². The third kappa shape index (κ3) is 1.25. The van der Waals surface area contributed by atoms with Crippen molar-refractivity contribution in [2.24, 2.45) is 0 Å². The molecule has 1 aromatic rings. The van der Waals surface area contributed by atoms with Crippen LogP contribution in [0.25, 0.3) is 0 Å². The van der Waals surface area contributed by atoms with E-state index in [0.29, 0.717) is 0 Å². The maximum atomic E-state index is 2.41. The van der Waals surface area contributed by atoms with E-state index in [-0.39, 0.29) is 0 Å². The van der Waals surface area contributed by atoms with Gasteiger partial charge in [-0.2, -0.15) is 0 Å². The molecule has 2 rings (SSSR count). The van der Waals surface area contributed by atoms with Gasteiger partial charge in [-0.3, -0.25) is 0 Å². The Hall–Kier alpha value is -0.915. The molecule has 0 bridgehead atoms. The molecule has 1 nitrogen and oxygen atoms in total. The first-order valence-corrected chi connectivity index (χ1v) is 4.16. The van der Waals surface area contributed by atoms with Crippen LogP contribution in [0, 0.1) is 0 Å². The first-order chi connectivity index (χ1) is 5.36. The van der Waals surface area contributed by atoms with Crippen LogP contribution in [-0.2, 0) is 0 Å². The van der Waals surface area contributed by atoms with Crippen molar-refractivity contribution in [1.82, 2.24) is 0 Å². The zero-order valence-electron chi connectivity index (χ0n) is 6.83. The Kier molecular flexibility index (Phi) is 1.61. The van der Waals surface area contributed by atoms with Crippen LogP contribution in [0.4, 0.5) is 5.69 Å². The molecule has 0 atom stereocenters. The lowest BCUT2D eigenvalue weighted by atomic mass is 9.45. The highest BCUT2D eigenvalue weighted by molar-refractivity contribution is 6.62. The number of anilines is 1. The molecule has 1 aromatic carbocycles. The molecule has 1 heterocycles. The molecule has 0 aliphatic carbocycles. The number of hydrogen-bond acceptors (Lipinski definition) is 1. The van der Waals surface area contributed by atoms with Gasteiger partial charge in [0.25, 0.3) is 0 Å². The monoisotopic (exact) mass is 145 g/mol. The van der Waals surface area contributed by atoms with Gasteiger partial charge in [-0.05, 0) is 25.0 Å². The second-order valence-corrected chi connectivity index (χ2v) is 3.35. The maximum absolute atomic E-state index is 2.41. The number of nitrogens with zero attached hydrogens (tertiary/aromatic N) is 1. The third-order valence-corrected chi connectivity index (χ3v) is 2.19. The second kappa shape index (κ2) is 2.61. The molecule has 11 heavy (non-hydrogen) atoms. The highest BCUT2D eigenvalue weighted by Crippen LogP contribution is 2.18. The molecule has 1 aliphatic heterocycles. The van der Waals surface area contributed by atoms with Crippen LogP contribution >= 0.6 is 0 Å². The van der Waals surface area contributed by atoms with Gasteiger partial charge in [0, 0.05) is 5.69 Å². The summed E-state index contributed by atoms with van der Waals surface area (Å²) in [6, 6.07) is 10.6. The van der Waals surface area contributed by atoms with Crippen molar-refractivity contribution >= 4 is 12.4 Å². The lowest BCUT2D eigenvalue weighted by Gasteiger charge is -2.37. The van der Waals surface area contributed by atoms with E-state index in [1.165, 1.54) is 18.6 Å². The average Bonchev–Trinajstić information content (AvgIpc) is 2.01. The van der Waals surface area contributed by atoms with Crippen LogP contribution in [-0.4, -0.2) is 19.6 Å². The molecular formula is C9H12BN. The van der Waals surface area contributed by atoms with Crippen molar-refractivity contribution in [2.45, 2.75) is 6.82 Å². The van der Waals surface area contributed by atoms with E-state index in [2.05, 4.69) is 42.1 Å². The van der Waals surface area contributed by atoms with E-state index in [1.54, 1.807) is 0 Å². The summed E-state index contributed by atoms with van der Waals surface area (Å²) < 4.78 is 0. The van der Waals surface area contributed by atoms with Gasteiger partial charge in [0.15, 0.2) is 6.71 Å². The summed E-state index contributed by atoms with van der Waals surface area (Å²) in [5.41, 5.74) is 1.37. The van der Waals surface area contributed by atoms with E-state index in [9.17, 15) is 0 Å². The minimum Gasteiger partial charge on any atom is -0.386 e. The molecule has 0 unspecified atom stereocenters. The van der Waals surface area contributed by atoms with E-state index in [0.717, 1.165) is 6.71 Å². The summed E-state index contributed by atoms with van der Waals surface area (Å²) in [6.07, 6.45) is 2.45. The predicted molar refractivity (Wildman–Crippen MR) is 50.3 cm³/mol. The molecule has 0 spiro atoms. The summed E-state index contributed by atoms with van der Waals surface area (Å²) in [4.78, 5) is 2.41. The Morgan fingerprint density at radius 2 is 1.82 bits per heavy atom. The summed E-state index contributed by atoms with van der Waals surface area (Å²) in [7, 11) is 0. The first kappa shape index (κ1) is 6.77. The van der Waals surface area contributed by atoms with Crippen LogP contribution in [0.5, 0.6) is 0 Å². The fourth-order valence-corrected chi connectivity index (χ4v) is 1.55. The van der Waals surface area contributed by atoms with Gasteiger partial charge >= 0.3 is 0 Å². The van der Waals surface area contributed by atoms with Crippen LogP contribution in [0.1, 0.15) is 0 Å². The van der Waals surface area contributed by atoms with Crippen LogP contribution < -0.4 is 4.90 Å². The molecule has 1 fully saturated rings. The highest BCUT2D eigenvalue weighted by atomic mass is 15.1. The van der Waals surface area contributed by atoms with Gasteiger partial charge in [-0.1, -0.05) is 25.0 Å². The lowest BCUT2D eigenvalue weighted by molar-refractivity contribution is 0.935. The molecule has 1 saturated heterocycles. The number of para-hydroxylation sites is 1. The van der Waals surface area contributed by atoms with E-state index in [4.69, 9.17) is 0 Å². The minimum atomic E-state index is 0.884. The standard InChI is InChI=1S/C9H12BN/c1-10-7-11(8-10)9-5-3-2-4-6-9/h2-6H,7-8H2,1H3.